The van der Waals surface area contributed by atoms with Gasteiger partial charge in [0.15, 0.2) is 0 Å². The first-order chi connectivity index (χ1) is 22.3. The normalized spacial score (nSPS) is 12.0. The van der Waals surface area contributed by atoms with Gasteiger partial charge in [0.2, 0.25) is 0 Å². The summed E-state index contributed by atoms with van der Waals surface area (Å²) in [5.41, 5.74) is 14.5. The molecule has 45 heavy (non-hydrogen) atoms. The first kappa shape index (κ1) is 24.5. The van der Waals surface area contributed by atoms with Crippen LogP contribution in [0.4, 0.5) is 0 Å². The van der Waals surface area contributed by atoms with Crippen LogP contribution in [0.5, 0.6) is 0 Å². The van der Waals surface area contributed by atoms with Crippen molar-refractivity contribution in [2.45, 2.75) is 0 Å². The zero-order valence-corrected chi connectivity index (χ0v) is 24.4. The van der Waals surface area contributed by atoms with E-state index in [1.807, 2.05) is 0 Å². The number of benzene rings is 8. The number of fused-ring (bicyclic) bond motifs is 7. The van der Waals surface area contributed by atoms with E-state index in [1.165, 1.54) is 77.2 Å². The Labute approximate surface area is 260 Å². The zero-order chi connectivity index (χ0) is 29.5. The van der Waals surface area contributed by atoms with Crippen molar-refractivity contribution in [3.05, 3.63) is 158 Å². The van der Waals surface area contributed by atoms with Gasteiger partial charge < -0.3 is 4.42 Å². The summed E-state index contributed by atoms with van der Waals surface area (Å²) in [6.45, 7) is 0. The fourth-order valence-electron chi connectivity index (χ4n) is 7.50. The van der Waals surface area contributed by atoms with Crippen LogP contribution >= 0.6 is 0 Å². The summed E-state index contributed by atoms with van der Waals surface area (Å²) in [6, 6.07) is 57.3. The van der Waals surface area contributed by atoms with Gasteiger partial charge in [-0.2, -0.15) is 0 Å². The molecule has 0 N–H and O–H groups in total. The Morgan fingerprint density at radius 1 is 0.311 bits per heavy atom. The van der Waals surface area contributed by atoms with Crippen LogP contribution in [0.1, 0.15) is 0 Å². The van der Waals surface area contributed by atoms with Crippen molar-refractivity contribution < 1.29 is 4.42 Å². The van der Waals surface area contributed by atoms with Crippen molar-refractivity contribution in [3.8, 4) is 55.6 Å². The van der Waals surface area contributed by atoms with Crippen molar-refractivity contribution in [1.82, 2.24) is 0 Å². The first-order valence-electron chi connectivity index (χ1n) is 15.5. The molecule has 0 radical (unpaired) electrons. The molecule has 0 bridgehead atoms. The van der Waals surface area contributed by atoms with Crippen LogP contribution < -0.4 is 0 Å². The lowest BCUT2D eigenvalue weighted by Gasteiger charge is -2.16. The molecule has 1 heteroatoms. The van der Waals surface area contributed by atoms with Gasteiger partial charge in [-0.15, -0.1) is 0 Å². The maximum Gasteiger partial charge on any atom is 0.136 e. The van der Waals surface area contributed by atoms with Crippen molar-refractivity contribution >= 4 is 43.5 Å². The molecule has 8 aromatic carbocycles. The van der Waals surface area contributed by atoms with E-state index in [1.54, 1.807) is 0 Å². The molecule has 1 aliphatic carbocycles. The quantitative estimate of drug-likeness (QED) is 0.206. The number of hydrogen-bond acceptors (Lipinski definition) is 1. The lowest BCUT2D eigenvalue weighted by Crippen LogP contribution is -1.89. The summed E-state index contributed by atoms with van der Waals surface area (Å²) < 4.78 is 6.26. The molecular weight excluding hydrogens is 544 g/mol. The van der Waals surface area contributed by atoms with E-state index >= 15 is 0 Å². The Hall–Kier alpha value is -5.92. The lowest BCUT2D eigenvalue weighted by atomic mass is 9.87. The average Bonchev–Trinajstić information content (AvgIpc) is 3.64. The SMILES string of the molecule is c1ccc(-c2ccc(-c3ccc(-c4ccc5oc6cc7ccccc7cc6c5c4)cc3)c3c2-c2cccc4cccc-3c24)cc1. The van der Waals surface area contributed by atoms with Gasteiger partial charge in [-0.25, -0.2) is 0 Å². The fraction of sp³-hybridized carbons (Fsp3) is 0. The lowest BCUT2D eigenvalue weighted by molar-refractivity contribution is 0.669. The predicted octanol–water partition coefficient (Wildman–Crippen LogP) is 12.5. The molecule has 0 fully saturated rings. The van der Waals surface area contributed by atoms with Crippen LogP contribution in [0.2, 0.25) is 0 Å². The fourth-order valence-corrected chi connectivity index (χ4v) is 7.50. The van der Waals surface area contributed by atoms with Crippen molar-refractivity contribution in [1.29, 1.82) is 0 Å². The summed E-state index contributed by atoms with van der Waals surface area (Å²) in [5.74, 6) is 0. The molecule has 208 valence electrons. The second-order valence-corrected chi connectivity index (χ2v) is 12.1. The Balaban J connectivity index is 1.12. The second kappa shape index (κ2) is 9.29. The summed E-state index contributed by atoms with van der Waals surface area (Å²) in [5, 5.41) is 7.37. The molecule has 0 aliphatic heterocycles. The Kier molecular flexibility index (Phi) is 5.06. The molecule has 0 saturated heterocycles. The van der Waals surface area contributed by atoms with Crippen LogP contribution in [0, 0.1) is 0 Å². The van der Waals surface area contributed by atoms with Gasteiger partial charge in [0.1, 0.15) is 11.2 Å². The predicted molar refractivity (Wildman–Crippen MR) is 189 cm³/mol. The van der Waals surface area contributed by atoms with Gasteiger partial charge in [0.25, 0.3) is 0 Å². The molecule has 10 rings (SSSR count). The van der Waals surface area contributed by atoms with E-state index < -0.39 is 0 Å². The molecule has 0 atom stereocenters. The van der Waals surface area contributed by atoms with E-state index in [9.17, 15) is 0 Å². The molecule has 1 heterocycles. The van der Waals surface area contributed by atoms with Gasteiger partial charge in [-0.1, -0.05) is 133 Å². The average molecular weight is 571 g/mol. The first-order valence-corrected chi connectivity index (χ1v) is 15.5. The van der Waals surface area contributed by atoms with E-state index in [2.05, 4.69) is 158 Å². The molecule has 0 unspecified atom stereocenters. The third-order valence-electron chi connectivity index (χ3n) is 9.60. The highest BCUT2D eigenvalue weighted by atomic mass is 16.3. The molecule has 0 spiro atoms. The Bertz CT molecular complexity index is 2620. The Morgan fingerprint density at radius 3 is 1.58 bits per heavy atom. The van der Waals surface area contributed by atoms with Gasteiger partial charge in [-0.05, 0) is 101 Å². The molecule has 1 nitrogen and oxygen atoms in total. The van der Waals surface area contributed by atoms with E-state index in [4.69, 9.17) is 4.42 Å². The number of hydrogen-bond donors (Lipinski definition) is 0. The highest BCUT2D eigenvalue weighted by molar-refractivity contribution is 6.21. The van der Waals surface area contributed by atoms with Gasteiger partial charge in [0.05, 0.1) is 0 Å². The molecule has 9 aromatic rings. The van der Waals surface area contributed by atoms with E-state index in [0.717, 1.165) is 21.9 Å². The van der Waals surface area contributed by atoms with Crippen LogP contribution in [-0.2, 0) is 0 Å². The molecule has 1 aromatic heterocycles. The van der Waals surface area contributed by atoms with Gasteiger partial charge in [0, 0.05) is 10.8 Å². The van der Waals surface area contributed by atoms with E-state index in [-0.39, 0.29) is 0 Å². The van der Waals surface area contributed by atoms with Gasteiger partial charge >= 0.3 is 0 Å². The highest BCUT2D eigenvalue weighted by Crippen LogP contribution is 2.54. The Morgan fingerprint density at radius 2 is 0.867 bits per heavy atom. The summed E-state index contributed by atoms with van der Waals surface area (Å²) in [4.78, 5) is 0. The molecule has 0 saturated carbocycles. The smallest absolute Gasteiger partial charge is 0.136 e. The summed E-state index contributed by atoms with van der Waals surface area (Å²) in [7, 11) is 0. The highest BCUT2D eigenvalue weighted by Gasteiger charge is 2.27. The standard InChI is InChI=1S/C44H26O/c1-2-8-28(9-3-1)34-21-22-35(44-37-15-7-13-30-12-6-14-36(42(30)37)43(34)44)29-18-16-27(17-19-29)33-20-23-40-38(25-33)39-24-31-10-4-5-11-32(31)26-41(39)45-40/h1-26H. The topological polar surface area (TPSA) is 13.1 Å². The monoisotopic (exact) mass is 570 g/mol. The van der Waals surface area contributed by atoms with E-state index in [0.29, 0.717) is 0 Å². The number of rotatable bonds is 3. The third kappa shape index (κ3) is 3.62. The van der Waals surface area contributed by atoms with Crippen molar-refractivity contribution in [3.63, 3.8) is 0 Å². The largest absolute Gasteiger partial charge is 0.456 e. The maximum atomic E-state index is 6.26. The minimum absolute atomic E-state index is 0.920. The summed E-state index contributed by atoms with van der Waals surface area (Å²) >= 11 is 0. The minimum Gasteiger partial charge on any atom is -0.456 e. The van der Waals surface area contributed by atoms with Crippen molar-refractivity contribution in [2.24, 2.45) is 0 Å². The third-order valence-corrected chi connectivity index (χ3v) is 9.60. The zero-order valence-electron chi connectivity index (χ0n) is 24.4. The molecular formula is C44H26O. The summed E-state index contributed by atoms with van der Waals surface area (Å²) in [6.07, 6.45) is 0. The van der Waals surface area contributed by atoms with Crippen LogP contribution in [0.25, 0.3) is 99.1 Å². The van der Waals surface area contributed by atoms with Crippen LogP contribution in [0.15, 0.2) is 162 Å². The number of furan rings is 1. The van der Waals surface area contributed by atoms with Crippen LogP contribution in [-0.4, -0.2) is 0 Å². The minimum atomic E-state index is 0.920. The van der Waals surface area contributed by atoms with Crippen LogP contribution in [0.3, 0.4) is 0 Å². The molecule has 0 amide bonds. The molecule has 1 aliphatic rings. The second-order valence-electron chi connectivity index (χ2n) is 12.1. The maximum absolute atomic E-state index is 6.26. The van der Waals surface area contributed by atoms with Crippen molar-refractivity contribution in [2.75, 3.05) is 0 Å². The van der Waals surface area contributed by atoms with Gasteiger partial charge in [-0.3, -0.25) is 0 Å².